The van der Waals surface area contributed by atoms with Crippen molar-refractivity contribution in [3.63, 3.8) is 0 Å². The van der Waals surface area contributed by atoms with Crippen LogP contribution >= 0.6 is 0 Å². The van der Waals surface area contributed by atoms with Gasteiger partial charge in [-0.15, -0.1) is 6.58 Å². The Morgan fingerprint density at radius 3 is 2.30 bits per heavy atom. The molecule has 20 heavy (non-hydrogen) atoms. The Kier molecular flexibility index (Phi) is 5.23. The van der Waals surface area contributed by atoms with Crippen molar-refractivity contribution in [3.05, 3.63) is 12.1 Å². The number of allylic oxidation sites excluding steroid dienone is 1. The molecule has 0 unspecified atom stereocenters. The van der Waals surface area contributed by atoms with E-state index in [9.17, 15) is 9.59 Å². The Morgan fingerprint density at radius 2 is 1.75 bits per heavy atom. The molecule has 0 atom stereocenters. The summed E-state index contributed by atoms with van der Waals surface area (Å²) in [6.45, 7) is 4.16. The summed E-state index contributed by atoms with van der Waals surface area (Å²) in [5.74, 6) is -0.189. The summed E-state index contributed by atoms with van der Waals surface area (Å²) >= 11 is 0. The lowest BCUT2D eigenvalue weighted by Crippen LogP contribution is -2.43. The second-order valence-corrected chi connectivity index (χ2v) is 5.85. The van der Waals surface area contributed by atoms with Crippen LogP contribution in [0.5, 0.6) is 0 Å². The second kappa shape index (κ2) is 6.93. The first-order chi connectivity index (χ1) is 9.54. The summed E-state index contributed by atoms with van der Waals surface area (Å²) in [6, 6.07) is 0. The van der Waals surface area contributed by atoms with Crippen LogP contribution in [0.15, 0.2) is 12.1 Å². The van der Waals surface area contributed by atoms with Gasteiger partial charge in [-0.25, -0.2) is 0 Å². The van der Waals surface area contributed by atoms with E-state index in [2.05, 4.69) is 6.58 Å². The van der Waals surface area contributed by atoms with Crippen LogP contribution in [0, 0.1) is 5.92 Å². The van der Waals surface area contributed by atoms with E-state index in [4.69, 9.17) is 9.31 Å². The number of hydrogen-bond acceptors (Lipinski definition) is 5. The zero-order valence-corrected chi connectivity index (χ0v) is 12.1. The van der Waals surface area contributed by atoms with Gasteiger partial charge in [0.25, 0.3) is 0 Å². The van der Waals surface area contributed by atoms with E-state index in [0.29, 0.717) is 11.4 Å². The Labute approximate surface area is 120 Å². The van der Waals surface area contributed by atoms with Crippen molar-refractivity contribution in [1.29, 1.82) is 0 Å². The molecule has 1 heterocycles. The molecule has 0 spiro atoms. The van der Waals surface area contributed by atoms with E-state index in [0.717, 1.165) is 6.42 Å². The lowest BCUT2D eigenvalue weighted by molar-refractivity contribution is -0.145. The third kappa shape index (κ3) is 4.37. The summed E-state index contributed by atoms with van der Waals surface area (Å²) in [4.78, 5) is 24.9. The van der Waals surface area contributed by atoms with Crippen LogP contribution in [-0.2, 0) is 18.9 Å². The first-order valence-corrected chi connectivity index (χ1v) is 7.30. The summed E-state index contributed by atoms with van der Waals surface area (Å²) in [5.41, 5.74) is 0.697. The largest absolute Gasteiger partial charge is 0.631 e. The summed E-state index contributed by atoms with van der Waals surface area (Å²) in [7, 11) is 0.769. The van der Waals surface area contributed by atoms with Gasteiger partial charge in [-0.1, -0.05) is 32.1 Å². The molecule has 0 aromatic rings. The van der Waals surface area contributed by atoms with Gasteiger partial charge in [-0.3, -0.25) is 14.5 Å². The zero-order chi connectivity index (χ0) is 14.5. The van der Waals surface area contributed by atoms with E-state index in [-0.39, 0.29) is 25.0 Å². The minimum atomic E-state index is -0.911. The number of nitrogens with zero attached hydrogens (tertiary/aromatic N) is 1. The molecular weight excluding hydrogens is 257 g/mol. The van der Waals surface area contributed by atoms with Crippen molar-refractivity contribution < 1.29 is 18.9 Å². The highest BCUT2D eigenvalue weighted by molar-refractivity contribution is 6.57. The molecule has 1 aliphatic heterocycles. The van der Waals surface area contributed by atoms with Gasteiger partial charge in [0.1, 0.15) is 0 Å². The first-order valence-electron chi connectivity index (χ1n) is 7.30. The molecule has 2 aliphatic rings. The van der Waals surface area contributed by atoms with Crippen molar-refractivity contribution in [2.75, 3.05) is 20.1 Å². The number of carbonyl (C=O) groups excluding carboxylic acids is 2. The van der Waals surface area contributed by atoms with E-state index < -0.39 is 7.12 Å². The highest BCUT2D eigenvalue weighted by Crippen LogP contribution is 2.29. The molecule has 5 nitrogen and oxygen atoms in total. The fraction of sp³-hybridized carbons (Fsp3) is 0.714. The third-order valence-corrected chi connectivity index (χ3v) is 3.88. The van der Waals surface area contributed by atoms with Gasteiger partial charge in [0.2, 0.25) is 0 Å². The number of likely N-dealkylation sites (N-methyl/N-ethyl adjacent to an activating group) is 1. The van der Waals surface area contributed by atoms with Gasteiger partial charge < -0.3 is 9.31 Å². The standard InChI is InChI=1S/C14H22BNO4/c1-11(8-12-6-4-3-5-7-12)15-19-13(17)9-16(2)10-14(18)20-15/h12H,1,3-10H2,2H3. The Hall–Kier alpha value is -1.30. The summed E-state index contributed by atoms with van der Waals surface area (Å²) in [6.07, 6.45) is 6.90. The molecular formula is C14H22BNO4. The van der Waals surface area contributed by atoms with Gasteiger partial charge >= 0.3 is 19.1 Å². The van der Waals surface area contributed by atoms with Gasteiger partial charge in [-0.2, -0.15) is 0 Å². The van der Waals surface area contributed by atoms with Crippen molar-refractivity contribution in [2.24, 2.45) is 5.92 Å². The molecule has 6 heteroatoms. The molecule has 0 radical (unpaired) electrons. The minimum Gasteiger partial charge on any atom is -0.495 e. The van der Waals surface area contributed by atoms with Crippen LogP contribution in [0.25, 0.3) is 0 Å². The zero-order valence-electron chi connectivity index (χ0n) is 12.1. The predicted octanol–water partition coefficient (Wildman–Crippen LogP) is 1.57. The maximum Gasteiger partial charge on any atom is 0.631 e. The quantitative estimate of drug-likeness (QED) is 0.734. The third-order valence-electron chi connectivity index (χ3n) is 3.88. The van der Waals surface area contributed by atoms with E-state index in [1.165, 1.54) is 32.1 Å². The van der Waals surface area contributed by atoms with Crippen LogP contribution in [-0.4, -0.2) is 44.1 Å². The SMILES string of the molecule is C=C(CC1CCCCC1)B1OC(=O)CN(C)CC(=O)O1. The molecule has 0 aromatic carbocycles. The van der Waals surface area contributed by atoms with Crippen LogP contribution < -0.4 is 0 Å². The predicted molar refractivity (Wildman–Crippen MR) is 75.8 cm³/mol. The monoisotopic (exact) mass is 279 g/mol. The molecule has 1 saturated heterocycles. The van der Waals surface area contributed by atoms with Crippen molar-refractivity contribution in [2.45, 2.75) is 38.5 Å². The smallest absolute Gasteiger partial charge is 0.495 e. The summed E-state index contributed by atoms with van der Waals surface area (Å²) in [5, 5.41) is 0. The van der Waals surface area contributed by atoms with Gasteiger partial charge in [0.15, 0.2) is 0 Å². The molecule has 110 valence electrons. The summed E-state index contributed by atoms with van der Waals surface area (Å²) < 4.78 is 10.4. The van der Waals surface area contributed by atoms with Crippen molar-refractivity contribution in [3.8, 4) is 0 Å². The average Bonchev–Trinajstić information content (AvgIpc) is 2.37. The Balaban J connectivity index is 1.92. The average molecular weight is 279 g/mol. The minimum absolute atomic E-state index is 0.0995. The van der Waals surface area contributed by atoms with E-state index >= 15 is 0 Å². The van der Waals surface area contributed by atoms with Crippen LogP contribution in [0.1, 0.15) is 38.5 Å². The molecule has 2 rings (SSSR count). The number of hydrogen-bond donors (Lipinski definition) is 0. The molecule has 0 aromatic heterocycles. The van der Waals surface area contributed by atoms with Gasteiger partial charge in [-0.05, 0) is 24.9 Å². The normalized spacial score (nSPS) is 22.8. The first kappa shape index (κ1) is 15.1. The van der Waals surface area contributed by atoms with E-state index in [1.807, 2.05) is 0 Å². The fourth-order valence-electron chi connectivity index (χ4n) is 2.86. The van der Waals surface area contributed by atoms with Crippen molar-refractivity contribution in [1.82, 2.24) is 4.90 Å². The van der Waals surface area contributed by atoms with Crippen LogP contribution in [0.4, 0.5) is 0 Å². The lowest BCUT2D eigenvalue weighted by Gasteiger charge is -2.26. The molecule has 2 fully saturated rings. The van der Waals surface area contributed by atoms with Crippen LogP contribution in [0.2, 0.25) is 0 Å². The molecule has 0 N–H and O–H groups in total. The van der Waals surface area contributed by atoms with Gasteiger partial charge in [0.05, 0.1) is 13.1 Å². The molecule has 0 amide bonds. The molecule has 0 bridgehead atoms. The maximum atomic E-state index is 11.7. The van der Waals surface area contributed by atoms with Crippen molar-refractivity contribution >= 4 is 19.1 Å². The highest BCUT2D eigenvalue weighted by Gasteiger charge is 2.35. The Bertz CT molecular complexity index is 373. The topological polar surface area (TPSA) is 55.8 Å². The highest BCUT2D eigenvalue weighted by atomic mass is 16.6. The fourth-order valence-corrected chi connectivity index (χ4v) is 2.86. The molecule has 1 aliphatic carbocycles. The van der Waals surface area contributed by atoms with E-state index in [1.54, 1.807) is 11.9 Å². The number of rotatable bonds is 3. The number of carbonyl (C=O) groups is 2. The second-order valence-electron chi connectivity index (χ2n) is 5.85. The maximum absolute atomic E-state index is 11.7. The van der Waals surface area contributed by atoms with Gasteiger partial charge in [0, 0.05) is 0 Å². The van der Waals surface area contributed by atoms with Crippen LogP contribution in [0.3, 0.4) is 0 Å². The lowest BCUT2D eigenvalue weighted by atomic mass is 9.71. The molecule has 1 saturated carbocycles. The Morgan fingerprint density at radius 1 is 1.20 bits per heavy atom.